The number of anilines is 1. The number of fused-ring (bicyclic) bond motifs is 1. The number of hydrogen-bond donors (Lipinski definition) is 1. The molecule has 0 aliphatic carbocycles. The van der Waals surface area contributed by atoms with Crippen LogP contribution in [0.15, 0.2) is 60.8 Å². The van der Waals surface area contributed by atoms with Gasteiger partial charge in [-0.05, 0) is 36.8 Å². The van der Waals surface area contributed by atoms with Crippen molar-refractivity contribution < 1.29 is 9.53 Å². The smallest absolute Gasteiger partial charge is 0.258 e. The van der Waals surface area contributed by atoms with E-state index >= 15 is 0 Å². The topological polar surface area (TPSA) is 69.0 Å². The Balaban J connectivity index is 1.67. The third-order valence-electron chi connectivity index (χ3n) is 4.58. The molecule has 0 atom stereocenters. The molecule has 2 aromatic heterocycles. The molecule has 0 aliphatic heterocycles. The Kier molecular flexibility index (Phi) is 5.29. The van der Waals surface area contributed by atoms with Gasteiger partial charge in [-0.15, -0.1) is 0 Å². The minimum Gasteiger partial charge on any atom is -0.380 e. The third kappa shape index (κ3) is 3.72. The van der Waals surface area contributed by atoms with E-state index in [1.807, 2.05) is 61.5 Å². The third-order valence-corrected chi connectivity index (χ3v) is 4.97. The summed E-state index contributed by atoms with van der Waals surface area (Å²) in [5, 5.41) is 8.42. The molecule has 0 saturated heterocycles. The number of rotatable bonds is 5. The summed E-state index contributed by atoms with van der Waals surface area (Å²) in [7, 11) is 1.64. The maximum absolute atomic E-state index is 12.8. The van der Waals surface area contributed by atoms with Gasteiger partial charge in [0.15, 0.2) is 5.65 Å². The Hall–Kier alpha value is -3.22. The Morgan fingerprint density at radius 3 is 2.55 bits per heavy atom. The molecule has 7 heteroatoms. The van der Waals surface area contributed by atoms with Crippen molar-refractivity contribution in [2.24, 2.45) is 0 Å². The second kappa shape index (κ2) is 8.03. The fraction of sp³-hybridized carbons (Fsp3) is 0.136. The van der Waals surface area contributed by atoms with Crippen molar-refractivity contribution in [3.8, 4) is 5.69 Å². The predicted octanol–water partition coefficient (Wildman–Crippen LogP) is 4.78. The number of ether oxygens (including phenoxy) is 1. The lowest BCUT2D eigenvalue weighted by atomic mass is 10.1. The van der Waals surface area contributed by atoms with Crippen LogP contribution in [0.4, 0.5) is 5.69 Å². The van der Waals surface area contributed by atoms with Crippen LogP contribution in [0.3, 0.4) is 0 Å². The number of carbonyl (C=O) groups excluding carboxylic acids is 1. The lowest BCUT2D eigenvalue weighted by Gasteiger charge is -2.09. The van der Waals surface area contributed by atoms with Gasteiger partial charge in [0.1, 0.15) is 0 Å². The average Bonchev–Trinajstić information content (AvgIpc) is 3.08. The first-order valence-electron chi connectivity index (χ1n) is 9.07. The van der Waals surface area contributed by atoms with Gasteiger partial charge in [-0.25, -0.2) is 9.67 Å². The molecular formula is C22H19ClN4O2. The van der Waals surface area contributed by atoms with Crippen molar-refractivity contribution in [1.29, 1.82) is 0 Å². The first-order valence-corrected chi connectivity index (χ1v) is 9.44. The predicted molar refractivity (Wildman–Crippen MR) is 114 cm³/mol. The van der Waals surface area contributed by atoms with Crippen molar-refractivity contribution in [2.75, 3.05) is 12.4 Å². The zero-order valence-corrected chi connectivity index (χ0v) is 16.8. The summed E-state index contributed by atoms with van der Waals surface area (Å²) in [6, 6.07) is 17.1. The summed E-state index contributed by atoms with van der Waals surface area (Å²) in [5.41, 5.74) is 4.19. The molecule has 4 rings (SSSR count). The quantitative estimate of drug-likeness (QED) is 0.517. The van der Waals surface area contributed by atoms with Crippen LogP contribution in [-0.2, 0) is 11.3 Å². The Morgan fingerprint density at radius 1 is 1.14 bits per heavy atom. The van der Waals surface area contributed by atoms with Gasteiger partial charge >= 0.3 is 0 Å². The SMILES string of the molecule is COCc1ccc(NC(=O)c2cnc3c(c(C)nn3-c3ccccc3)c2Cl)cc1. The number of nitrogens with one attached hydrogen (secondary N) is 1. The molecule has 6 nitrogen and oxygen atoms in total. The minimum atomic E-state index is -0.323. The van der Waals surface area contributed by atoms with Crippen molar-refractivity contribution >= 4 is 34.2 Å². The number of aromatic nitrogens is 3. The summed E-state index contributed by atoms with van der Waals surface area (Å²) in [5.74, 6) is -0.323. The van der Waals surface area contributed by atoms with E-state index in [2.05, 4.69) is 15.4 Å². The number of para-hydroxylation sites is 1. The van der Waals surface area contributed by atoms with E-state index in [9.17, 15) is 4.79 Å². The zero-order valence-electron chi connectivity index (χ0n) is 16.0. The summed E-state index contributed by atoms with van der Waals surface area (Å²) in [4.78, 5) is 17.3. The van der Waals surface area contributed by atoms with E-state index in [-0.39, 0.29) is 5.91 Å². The van der Waals surface area contributed by atoms with Crippen LogP contribution >= 0.6 is 11.6 Å². The molecule has 2 heterocycles. The van der Waals surface area contributed by atoms with Crippen molar-refractivity contribution in [1.82, 2.24) is 14.8 Å². The second-order valence-electron chi connectivity index (χ2n) is 6.60. The molecule has 0 aliphatic rings. The monoisotopic (exact) mass is 406 g/mol. The highest BCUT2D eigenvalue weighted by Gasteiger charge is 2.20. The number of hydrogen-bond acceptors (Lipinski definition) is 4. The maximum Gasteiger partial charge on any atom is 0.258 e. The van der Waals surface area contributed by atoms with E-state index in [0.717, 1.165) is 11.3 Å². The Labute approximate surface area is 173 Å². The highest BCUT2D eigenvalue weighted by molar-refractivity contribution is 6.39. The number of amides is 1. The minimum absolute atomic E-state index is 0.302. The van der Waals surface area contributed by atoms with Gasteiger partial charge in [-0.2, -0.15) is 5.10 Å². The highest BCUT2D eigenvalue weighted by atomic mass is 35.5. The standard InChI is InChI=1S/C22H19ClN4O2/c1-14-19-20(23)18(22(28)25-16-10-8-15(9-11-16)13-29-2)12-24-21(19)27(26-14)17-6-4-3-5-7-17/h3-12H,13H2,1-2H3,(H,25,28). The lowest BCUT2D eigenvalue weighted by Crippen LogP contribution is -2.13. The first kappa shape index (κ1) is 19.1. The van der Waals surface area contributed by atoms with Gasteiger partial charge in [-0.1, -0.05) is 41.9 Å². The lowest BCUT2D eigenvalue weighted by molar-refractivity contribution is 0.102. The van der Waals surface area contributed by atoms with Gasteiger partial charge in [-0.3, -0.25) is 4.79 Å². The van der Waals surface area contributed by atoms with E-state index in [1.54, 1.807) is 11.8 Å². The zero-order chi connectivity index (χ0) is 20.4. The van der Waals surface area contributed by atoms with E-state index in [4.69, 9.17) is 16.3 Å². The molecular weight excluding hydrogens is 388 g/mol. The maximum atomic E-state index is 12.8. The number of carbonyl (C=O) groups is 1. The van der Waals surface area contributed by atoms with Crippen molar-refractivity contribution in [2.45, 2.75) is 13.5 Å². The van der Waals surface area contributed by atoms with Crippen LogP contribution < -0.4 is 5.32 Å². The Morgan fingerprint density at radius 2 is 1.86 bits per heavy atom. The molecule has 2 aromatic carbocycles. The van der Waals surface area contributed by atoms with Crippen molar-refractivity contribution in [3.63, 3.8) is 0 Å². The first-order chi connectivity index (χ1) is 14.1. The van der Waals surface area contributed by atoms with Crippen LogP contribution in [-0.4, -0.2) is 27.8 Å². The number of pyridine rings is 1. The van der Waals surface area contributed by atoms with Crippen molar-refractivity contribution in [3.05, 3.63) is 82.6 Å². The summed E-state index contributed by atoms with van der Waals surface area (Å²) >= 11 is 6.60. The summed E-state index contributed by atoms with van der Waals surface area (Å²) in [6.45, 7) is 2.37. The van der Waals surface area contributed by atoms with Crippen LogP contribution in [0.25, 0.3) is 16.7 Å². The van der Waals surface area contributed by atoms with Crippen LogP contribution in [0.2, 0.25) is 5.02 Å². The van der Waals surface area contributed by atoms with Gasteiger partial charge < -0.3 is 10.1 Å². The molecule has 4 aromatic rings. The molecule has 1 N–H and O–H groups in total. The van der Waals surface area contributed by atoms with Gasteiger partial charge in [0, 0.05) is 19.0 Å². The second-order valence-corrected chi connectivity index (χ2v) is 6.98. The Bertz CT molecular complexity index is 1170. The normalized spacial score (nSPS) is 11.0. The van der Waals surface area contributed by atoms with Crippen LogP contribution in [0.1, 0.15) is 21.6 Å². The summed E-state index contributed by atoms with van der Waals surface area (Å²) in [6.07, 6.45) is 1.49. The molecule has 0 saturated carbocycles. The van der Waals surface area contributed by atoms with Gasteiger partial charge in [0.2, 0.25) is 0 Å². The summed E-state index contributed by atoms with van der Waals surface area (Å²) < 4.78 is 6.83. The molecule has 1 amide bonds. The fourth-order valence-corrected chi connectivity index (χ4v) is 3.52. The van der Waals surface area contributed by atoms with Gasteiger partial charge in [0.05, 0.1) is 34.0 Å². The molecule has 0 spiro atoms. The molecule has 29 heavy (non-hydrogen) atoms. The molecule has 0 radical (unpaired) electrons. The average molecular weight is 407 g/mol. The van der Waals surface area contributed by atoms with Crippen LogP contribution in [0, 0.1) is 6.92 Å². The number of aryl methyl sites for hydroxylation is 1. The molecule has 0 unspecified atom stereocenters. The number of benzene rings is 2. The largest absolute Gasteiger partial charge is 0.380 e. The number of nitrogens with zero attached hydrogens (tertiary/aromatic N) is 3. The molecule has 0 fully saturated rings. The van der Waals surface area contributed by atoms with E-state index in [1.165, 1.54) is 6.20 Å². The van der Waals surface area contributed by atoms with E-state index in [0.29, 0.717) is 39.6 Å². The number of methoxy groups -OCH3 is 1. The molecule has 0 bridgehead atoms. The van der Waals surface area contributed by atoms with Crippen LogP contribution in [0.5, 0.6) is 0 Å². The highest BCUT2D eigenvalue weighted by Crippen LogP contribution is 2.30. The number of halogens is 1. The fourth-order valence-electron chi connectivity index (χ4n) is 3.17. The molecule has 146 valence electrons. The van der Waals surface area contributed by atoms with E-state index < -0.39 is 0 Å². The van der Waals surface area contributed by atoms with Gasteiger partial charge in [0.25, 0.3) is 5.91 Å².